The Labute approximate surface area is 111 Å². The van der Waals surface area contributed by atoms with Gasteiger partial charge in [-0.25, -0.2) is 0 Å². The molecule has 1 saturated carbocycles. The van der Waals surface area contributed by atoms with Crippen molar-refractivity contribution >= 4 is 11.8 Å². The van der Waals surface area contributed by atoms with Crippen molar-refractivity contribution in [3.8, 4) is 0 Å². The van der Waals surface area contributed by atoms with Crippen molar-refractivity contribution in [2.45, 2.75) is 37.8 Å². The maximum atomic E-state index is 12.1. The van der Waals surface area contributed by atoms with E-state index >= 15 is 0 Å². The fourth-order valence-electron chi connectivity index (χ4n) is 2.55. The Kier molecular flexibility index (Phi) is 3.10. The summed E-state index contributed by atoms with van der Waals surface area (Å²) in [7, 11) is 1.90. The molecule has 0 bridgehead atoms. The zero-order chi connectivity index (χ0) is 13.4. The van der Waals surface area contributed by atoms with Crippen molar-refractivity contribution in [1.29, 1.82) is 0 Å². The quantitative estimate of drug-likeness (QED) is 0.749. The van der Waals surface area contributed by atoms with Gasteiger partial charge in [-0.05, 0) is 18.9 Å². The molecule has 102 valence electrons. The number of imide groups is 1. The summed E-state index contributed by atoms with van der Waals surface area (Å²) in [5.74, 6) is -0.0666. The maximum Gasteiger partial charge on any atom is 0.247 e. The molecule has 0 aromatic carbocycles. The second-order valence-corrected chi connectivity index (χ2v) is 5.24. The lowest BCUT2D eigenvalue weighted by Gasteiger charge is -2.14. The van der Waals surface area contributed by atoms with Crippen LogP contribution in [-0.4, -0.2) is 45.1 Å². The molecule has 1 atom stereocenters. The van der Waals surface area contributed by atoms with Crippen LogP contribution >= 0.6 is 0 Å². The summed E-state index contributed by atoms with van der Waals surface area (Å²) in [6.07, 6.45) is 4.81. The van der Waals surface area contributed by atoms with Gasteiger partial charge in [-0.15, -0.1) is 0 Å². The number of nitrogens with one attached hydrogen (secondary N) is 1. The molecule has 0 radical (unpaired) electrons. The fourth-order valence-corrected chi connectivity index (χ4v) is 2.55. The highest BCUT2D eigenvalue weighted by Gasteiger charge is 2.45. The Morgan fingerprint density at radius 3 is 2.84 bits per heavy atom. The number of likely N-dealkylation sites (tertiary alicyclic amines) is 1. The lowest BCUT2D eigenvalue weighted by atomic mass is 10.2. The molecule has 2 heterocycles. The van der Waals surface area contributed by atoms with E-state index in [-0.39, 0.29) is 23.9 Å². The fraction of sp³-hybridized carbons (Fsp3) is 0.615. The molecule has 3 rings (SSSR count). The number of hydrogen-bond acceptors (Lipinski definition) is 4. The number of nitrogens with zero attached hydrogens (tertiary/aromatic N) is 3. The lowest BCUT2D eigenvalue weighted by Crippen LogP contribution is -2.40. The minimum Gasteiger partial charge on any atom is -0.305 e. The van der Waals surface area contributed by atoms with E-state index in [0.29, 0.717) is 13.0 Å². The molecule has 2 fully saturated rings. The van der Waals surface area contributed by atoms with Crippen LogP contribution in [0.1, 0.15) is 25.0 Å². The molecule has 2 aliphatic rings. The third-order valence-corrected chi connectivity index (χ3v) is 3.79. The normalized spacial score (nSPS) is 23.4. The number of rotatable bonds is 5. The molecule has 0 spiro atoms. The first-order valence-electron chi connectivity index (χ1n) is 6.73. The van der Waals surface area contributed by atoms with Gasteiger partial charge in [-0.2, -0.15) is 5.10 Å². The van der Waals surface area contributed by atoms with Gasteiger partial charge in [0.1, 0.15) is 0 Å². The maximum absolute atomic E-state index is 12.1. The third kappa shape index (κ3) is 2.40. The Hall–Kier alpha value is -1.69. The molecule has 1 saturated heterocycles. The van der Waals surface area contributed by atoms with E-state index in [1.807, 2.05) is 17.8 Å². The smallest absolute Gasteiger partial charge is 0.247 e. The monoisotopic (exact) mass is 262 g/mol. The Bertz CT molecular complexity index is 506. The van der Waals surface area contributed by atoms with Crippen LogP contribution in [0.25, 0.3) is 0 Å². The average molecular weight is 262 g/mol. The van der Waals surface area contributed by atoms with Crippen LogP contribution in [0.4, 0.5) is 0 Å². The molecule has 1 aromatic rings. The van der Waals surface area contributed by atoms with E-state index in [4.69, 9.17) is 0 Å². The SMILES string of the molecule is Cn1nccc1CCNC1CC(=O)N(C2CC2)C1=O. The largest absolute Gasteiger partial charge is 0.305 e. The van der Waals surface area contributed by atoms with Crippen LogP contribution in [0.15, 0.2) is 12.3 Å². The zero-order valence-electron chi connectivity index (χ0n) is 11.0. The second kappa shape index (κ2) is 4.77. The Balaban J connectivity index is 1.52. The van der Waals surface area contributed by atoms with E-state index in [0.717, 1.165) is 25.0 Å². The summed E-state index contributed by atoms with van der Waals surface area (Å²) in [5, 5.41) is 7.28. The molecule has 2 amide bonds. The molecule has 1 N–H and O–H groups in total. The number of amides is 2. The van der Waals surface area contributed by atoms with Gasteiger partial charge < -0.3 is 5.32 Å². The topological polar surface area (TPSA) is 67.2 Å². The molecule has 1 unspecified atom stereocenters. The number of carbonyl (C=O) groups excluding carboxylic acids is 2. The summed E-state index contributed by atoms with van der Waals surface area (Å²) in [4.78, 5) is 25.3. The molecular formula is C13H18N4O2. The summed E-state index contributed by atoms with van der Waals surface area (Å²) in [6, 6.07) is 1.81. The Morgan fingerprint density at radius 2 is 2.21 bits per heavy atom. The van der Waals surface area contributed by atoms with Gasteiger partial charge >= 0.3 is 0 Å². The van der Waals surface area contributed by atoms with Gasteiger partial charge in [0.05, 0.1) is 12.5 Å². The van der Waals surface area contributed by atoms with Gasteiger partial charge in [-0.1, -0.05) is 0 Å². The molecule has 1 aliphatic carbocycles. The molecule has 6 nitrogen and oxygen atoms in total. The number of hydrogen-bond donors (Lipinski definition) is 1. The van der Waals surface area contributed by atoms with Crippen molar-refractivity contribution in [1.82, 2.24) is 20.0 Å². The van der Waals surface area contributed by atoms with Crippen molar-refractivity contribution < 1.29 is 9.59 Å². The summed E-state index contributed by atoms with van der Waals surface area (Å²) in [6.45, 7) is 0.682. The first kappa shape index (κ1) is 12.3. The predicted octanol–water partition coefficient (Wildman–Crippen LogP) is -0.158. The van der Waals surface area contributed by atoms with Crippen molar-refractivity contribution in [2.75, 3.05) is 6.54 Å². The summed E-state index contributed by atoms with van der Waals surface area (Å²) in [5.41, 5.74) is 1.11. The van der Waals surface area contributed by atoms with Crippen LogP contribution in [0.2, 0.25) is 0 Å². The van der Waals surface area contributed by atoms with Crippen molar-refractivity contribution in [3.05, 3.63) is 18.0 Å². The molecule has 6 heteroatoms. The predicted molar refractivity (Wildman–Crippen MR) is 68.2 cm³/mol. The number of carbonyl (C=O) groups is 2. The highest BCUT2D eigenvalue weighted by atomic mass is 16.2. The molecule has 19 heavy (non-hydrogen) atoms. The van der Waals surface area contributed by atoms with E-state index < -0.39 is 0 Å². The van der Waals surface area contributed by atoms with Gasteiger partial charge in [0.2, 0.25) is 11.8 Å². The molecule has 1 aromatic heterocycles. The van der Waals surface area contributed by atoms with Gasteiger partial charge in [-0.3, -0.25) is 19.2 Å². The zero-order valence-corrected chi connectivity index (χ0v) is 11.0. The molecular weight excluding hydrogens is 244 g/mol. The van der Waals surface area contributed by atoms with Crippen LogP contribution in [-0.2, 0) is 23.1 Å². The van der Waals surface area contributed by atoms with Crippen molar-refractivity contribution in [3.63, 3.8) is 0 Å². The van der Waals surface area contributed by atoms with Gasteiger partial charge in [0.15, 0.2) is 0 Å². The van der Waals surface area contributed by atoms with Crippen LogP contribution in [0, 0.1) is 0 Å². The van der Waals surface area contributed by atoms with Crippen LogP contribution < -0.4 is 5.32 Å². The highest BCUT2D eigenvalue weighted by Crippen LogP contribution is 2.31. The van der Waals surface area contributed by atoms with Crippen molar-refractivity contribution in [2.24, 2.45) is 7.05 Å². The summed E-state index contributed by atoms with van der Waals surface area (Å²) < 4.78 is 1.82. The van der Waals surface area contributed by atoms with Crippen LogP contribution in [0.5, 0.6) is 0 Å². The standard InChI is InChI=1S/C13H18N4O2/c1-16-9(5-7-15-16)4-6-14-11-8-12(18)17(13(11)19)10-2-3-10/h5,7,10-11,14H,2-4,6,8H2,1H3. The lowest BCUT2D eigenvalue weighted by molar-refractivity contribution is -0.139. The average Bonchev–Trinajstić information content (AvgIpc) is 3.06. The summed E-state index contributed by atoms with van der Waals surface area (Å²) >= 11 is 0. The van der Waals surface area contributed by atoms with E-state index in [1.54, 1.807) is 6.20 Å². The number of aryl methyl sites for hydroxylation is 1. The number of aromatic nitrogens is 2. The second-order valence-electron chi connectivity index (χ2n) is 5.24. The van der Waals surface area contributed by atoms with E-state index in [9.17, 15) is 9.59 Å². The van der Waals surface area contributed by atoms with Gasteiger partial charge in [0, 0.05) is 37.9 Å². The minimum absolute atomic E-state index is 0.0227. The third-order valence-electron chi connectivity index (χ3n) is 3.79. The first-order chi connectivity index (χ1) is 9.16. The first-order valence-corrected chi connectivity index (χ1v) is 6.73. The Morgan fingerprint density at radius 1 is 1.42 bits per heavy atom. The van der Waals surface area contributed by atoms with Gasteiger partial charge in [0.25, 0.3) is 0 Å². The highest BCUT2D eigenvalue weighted by molar-refractivity contribution is 6.06. The van der Waals surface area contributed by atoms with E-state index in [1.165, 1.54) is 4.90 Å². The molecule has 1 aliphatic heterocycles. The van der Waals surface area contributed by atoms with Crippen LogP contribution in [0.3, 0.4) is 0 Å². The van der Waals surface area contributed by atoms with E-state index in [2.05, 4.69) is 10.4 Å². The minimum atomic E-state index is -0.332.